The first-order valence-electron chi connectivity index (χ1n) is 20.4. The van der Waals surface area contributed by atoms with Crippen molar-refractivity contribution in [3.63, 3.8) is 0 Å². The predicted molar refractivity (Wildman–Crippen MR) is 196 cm³/mol. The van der Waals surface area contributed by atoms with Crippen molar-refractivity contribution >= 4 is 0 Å². The summed E-state index contributed by atoms with van der Waals surface area (Å²) in [6, 6.07) is 0. The van der Waals surface area contributed by atoms with Gasteiger partial charge in [-0.05, 0) is 117 Å². The molecule has 0 radical (unpaired) electrons. The zero-order valence-corrected chi connectivity index (χ0v) is 33.5. The van der Waals surface area contributed by atoms with Gasteiger partial charge in [-0.25, -0.2) is 0 Å². The molecular weight excluding hydrogens is 700 g/mol. The third-order valence-corrected chi connectivity index (χ3v) is 16.1. The molecule has 6 aliphatic rings. The summed E-state index contributed by atoms with van der Waals surface area (Å²) in [5.74, 6) is -0.513. The molecule has 0 bridgehead atoms. The maximum Gasteiger partial charge on any atom is 0.187 e. The number of hydrogen-bond donors (Lipinski definition) is 9. The summed E-state index contributed by atoms with van der Waals surface area (Å²) in [5.41, 5.74) is -1.69. The van der Waals surface area contributed by atoms with Crippen LogP contribution in [0.4, 0.5) is 0 Å². The van der Waals surface area contributed by atoms with Crippen molar-refractivity contribution < 1.29 is 64.9 Å². The lowest BCUT2D eigenvalue weighted by molar-refractivity contribution is -0.377. The number of aliphatic hydroxyl groups excluding tert-OH is 8. The first kappa shape index (κ1) is 42.8. The second-order valence-corrected chi connectivity index (χ2v) is 19.8. The fourth-order valence-electron chi connectivity index (χ4n) is 13.1. The van der Waals surface area contributed by atoms with Gasteiger partial charge in [0.15, 0.2) is 12.6 Å². The van der Waals surface area contributed by atoms with Crippen molar-refractivity contribution in [1.82, 2.24) is 0 Å². The summed E-state index contributed by atoms with van der Waals surface area (Å²) >= 11 is 0. The lowest BCUT2D eigenvalue weighted by Gasteiger charge is -2.72. The Morgan fingerprint density at radius 2 is 1.52 bits per heavy atom. The van der Waals surface area contributed by atoms with E-state index >= 15 is 0 Å². The molecule has 6 rings (SSSR count). The van der Waals surface area contributed by atoms with Gasteiger partial charge in [0.1, 0.15) is 42.7 Å². The molecule has 0 aromatic heterocycles. The van der Waals surface area contributed by atoms with Crippen LogP contribution in [0.15, 0.2) is 11.6 Å². The predicted octanol–water partition coefficient (Wildman–Crippen LogP) is 1.76. The number of hydrogen-bond acceptors (Lipinski definition) is 13. The molecular formula is C41H70O13. The highest BCUT2D eigenvalue weighted by Crippen LogP contribution is 2.76. The highest BCUT2D eigenvalue weighted by atomic mass is 16.8. The lowest BCUT2D eigenvalue weighted by Crippen LogP contribution is -2.71. The Morgan fingerprint density at radius 1 is 0.833 bits per heavy atom. The van der Waals surface area contributed by atoms with E-state index in [1.54, 1.807) is 0 Å². The van der Waals surface area contributed by atoms with Gasteiger partial charge >= 0.3 is 0 Å². The van der Waals surface area contributed by atoms with Crippen molar-refractivity contribution in [2.24, 2.45) is 45.3 Å². The SMILES string of the molecule is CC(C)=CCC[C@@](C)(O)[C@@H]1CC[C@@]2(C)[C@H]1[C@@H](O)CC1[C@]3(C)CC[C@@H](O)C(C)(C)C3[C@H](O[C@H]3O[C@@H](CO)[C@H](O)[C@@H](O)[C@@H]3O[C@H]3OC[C@H](O)[C@@H](O)[C@@H]3O)C[C@@]12C. The number of fused-ring (bicyclic) bond motifs is 5. The Balaban J connectivity index is 1.38. The van der Waals surface area contributed by atoms with Crippen LogP contribution >= 0.6 is 0 Å². The third kappa shape index (κ3) is 6.86. The highest BCUT2D eigenvalue weighted by Gasteiger charge is 2.73. The van der Waals surface area contributed by atoms with E-state index in [4.69, 9.17) is 18.9 Å². The van der Waals surface area contributed by atoms with Crippen molar-refractivity contribution in [2.45, 2.75) is 186 Å². The minimum atomic E-state index is -1.68. The maximum absolute atomic E-state index is 12.2. The minimum absolute atomic E-state index is 0.0443. The van der Waals surface area contributed by atoms with Crippen LogP contribution in [0.2, 0.25) is 0 Å². The van der Waals surface area contributed by atoms with Crippen LogP contribution in [0, 0.1) is 45.3 Å². The van der Waals surface area contributed by atoms with E-state index in [9.17, 15) is 46.0 Å². The highest BCUT2D eigenvalue weighted by molar-refractivity contribution is 5.22. The zero-order valence-electron chi connectivity index (χ0n) is 33.5. The van der Waals surface area contributed by atoms with Gasteiger partial charge in [0.2, 0.25) is 0 Å². The normalized spacial score (nSPS) is 52.8. The van der Waals surface area contributed by atoms with Gasteiger partial charge in [0, 0.05) is 0 Å². The Hall–Kier alpha value is -0.780. The fraction of sp³-hybridized carbons (Fsp3) is 0.951. The Kier molecular flexibility index (Phi) is 12.0. The van der Waals surface area contributed by atoms with Gasteiger partial charge in [-0.15, -0.1) is 0 Å². The average molecular weight is 771 g/mol. The molecule has 0 aromatic carbocycles. The van der Waals surface area contributed by atoms with Crippen LogP contribution in [-0.4, -0.2) is 138 Å². The molecule has 312 valence electrons. The number of aliphatic hydroxyl groups is 9. The molecule has 6 fully saturated rings. The van der Waals surface area contributed by atoms with E-state index in [0.717, 1.165) is 19.3 Å². The van der Waals surface area contributed by atoms with Gasteiger partial charge in [0.25, 0.3) is 0 Å². The second-order valence-electron chi connectivity index (χ2n) is 19.8. The molecule has 20 atom stereocenters. The average Bonchev–Trinajstić information content (AvgIpc) is 3.48. The van der Waals surface area contributed by atoms with Crippen LogP contribution < -0.4 is 0 Å². The molecule has 2 aliphatic heterocycles. The summed E-state index contributed by atoms with van der Waals surface area (Å²) < 4.78 is 24.8. The molecule has 0 aromatic rings. The van der Waals surface area contributed by atoms with Crippen molar-refractivity contribution in [2.75, 3.05) is 13.2 Å². The standard InChI is InChI=1S/C41H70O13/c1-20(2)10-9-13-41(8,50)21-11-15-39(6)28(21)22(43)16-26-38(5)14-12-27(45)37(3,4)34(38)24(17-40(26,39)7)52-36-33(31(48)30(47)25(18-42)53-36)54-35-32(49)29(46)23(44)19-51-35/h10,21-36,42-50H,9,11-19H2,1-8H3/t21-,22+,23+,24-,25+,26?,27-,28-,29-,30+,31-,32+,33+,34?,35-,36+,38+,39+,40+,41-/m1/s1. The van der Waals surface area contributed by atoms with Crippen LogP contribution in [0.3, 0.4) is 0 Å². The molecule has 9 N–H and O–H groups in total. The van der Waals surface area contributed by atoms with E-state index in [1.807, 2.05) is 20.8 Å². The van der Waals surface area contributed by atoms with Gasteiger partial charge in [-0.1, -0.05) is 46.3 Å². The molecule has 4 saturated carbocycles. The largest absolute Gasteiger partial charge is 0.394 e. The topological polar surface area (TPSA) is 219 Å². The Morgan fingerprint density at radius 3 is 2.17 bits per heavy atom. The van der Waals surface area contributed by atoms with E-state index in [-0.39, 0.29) is 30.3 Å². The molecule has 13 nitrogen and oxygen atoms in total. The smallest absolute Gasteiger partial charge is 0.187 e. The van der Waals surface area contributed by atoms with Gasteiger partial charge < -0.3 is 64.9 Å². The summed E-state index contributed by atoms with van der Waals surface area (Å²) in [6.07, 6.45) is -7.90. The van der Waals surface area contributed by atoms with E-state index in [2.05, 4.69) is 40.7 Å². The van der Waals surface area contributed by atoms with E-state index in [1.165, 1.54) is 5.57 Å². The summed E-state index contributed by atoms with van der Waals surface area (Å²) in [4.78, 5) is 0. The summed E-state index contributed by atoms with van der Waals surface area (Å²) in [7, 11) is 0. The maximum atomic E-state index is 12.2. The van der Waals surface area contributed by atoms with Crippen molar-refractivity contribution in [3.05, 3.63) is 11.6 Å². The second kappa shape index (κ2) is 15.1. The van der Waals surface area contributed by atoms with Crippen molar-refractivity contribution in [1.29, 1.82) is 0 Å². The third-order valence-electron chi connectivity index (χ3n) is 16.1. The van der Waals surface area contributed by atoms with Crippen LogP contribution in [0.25, 0.3) is 0 Å². The first-order valence-corrected chi connectivity index (χ1v) is 20.4. The van der Waals surface area contributed by atoms with Gasteiger partial charge in [0.05, 0.1) is 37.1 Å². The van der Waals surface area contributed by atoms with Crippen LogP contribution in [0.1, 0.15) is 107 Å². The number of allylic oxidation sites excluding steroid dienone is 2. The quantitative estimate of drug-likeness (QED) is 0.121. The monoisotopic (exact) mass is 770 g/mol. The van der Waals surface area contributed by atoms with Crippen molar-refractivity contribution in [3.8, 4) is 0 Å². The molecule has 13 heteroatoms. The molecule has 0 amide bonds. The molecule has 2 heterocycles. The minimum Gasteiger partial charge on any atom is -0.394 e. The molecule has 2 saturated heterocycles. The number of ether oxygens (including phenoxy) is 4. The van der Waals surface area contributed by atoms with Gasteiger partial charge in [-0.3, -0.25) is 0 Å². The van der Waals surface area contributed by atoms with E-state index < -0.39 is 107 Å². The van der Waals surface area contributed by atoms with E-state index in [0.29, 0.717) is 32.1 Å². The molecule has 0 spiro atoms. The van der Waals surface area contributed by atoms with Gasteiger partial charge in [-0.2, -0.15) is 0 Å². The Bertz CT molecular complexity index is 1350. The van der Waals surface area contributed by atoms with Crippen LogP contribution in [0.5, 0.6) is 0 Å². The summed E-state index contributed by atoms with van der Waals surface area (Å²) in [6.45, 7) is 16.0. The first-order chi connectivity index (χ1) is 25.0. The fourth-order valence-corrected chi connectivity index (χ4v) is 13.1. The van der Waals surface area contributed by atoms with Crippen LogP contribution in [-0.2, 0) is 18.9 Å². The summed E-state index contributed by atoms with van der Waals surface area (Å²) in [5, 5.41) is 99.6. The Labute approximate surface area is 320 Å². The number of rotatable bonds is 9. The molecule has 4 aliphatic carbocycles. The molecule has 54 heavy (non-hydrogen) atoms. The lowest BCUT2D eigenvalue weighted by atomic mass is 9.34. The zero-order chi connectivity index (χ0) is 39.9. The molecule has 2 unspecified atom stereocenters.